The molecule has 0 aliphatic carbocycles. The van der Waals surface area contributed by atoms with Crippen LogP contribution in [0.1, 0.15) is 13.3 Å². The van der Waals surface area contributed by atoms with Crippen LogP contribution in [-0.2, 0) is 9.53 Å². The predicted molar refractivity (Wildman–Crippen MR) is 50.1 cm³/mol. The van der Waals surface area contributed by atoms with Gasteiger partial charge in [-0.1, -0.05) is 22.6 Å². The van der Waals surface area contributed by atoms with Crippen LogP contribution in [0.5, 0.6) is 0 Å². The molecule has 0 aromatic rings. The van der Waals surface area contributed by atoms with Gasteiger partial charge in [-0.2, -0.15) is 22.0 Å². The van der Waals surface area contributed by atoms with Gasteiger partial charge in [0, 0.05) is 13.3 Å². The molecule has 90 valence electrons. The van der Waals surface area contributed by atoms with Crippen LogP contribution in [-0.4, -0.2) is 28.6 Å². The Bertz CT molecular complexity index is 228. The average molecular weight is 346 g/mol. The molecule has 0 aromatic carbocycles. The zero-order valence-corrected chi connectivity index (χ0v) is 9.73. The number of esters is 1. The van der Waals surface area contributed by atoms with E-state index in [1.54, 1.807) is 0 Å². The Hall–Kier alpha value is -0.150. The van der Waals surface area contributed by atoms with Crippen molar-refractivity contribution < 1.29 is 31.5 Å². The van der Waals surface area contributed by atoms with Gasteiger partial charge >= 0.3 is 18.1 Å². The number of hydrogen-bond acceptors (Lipinski definition) is 2. The summed E-state index contributed by atoms with van der Waals surface area (Å²) >= 11 is 1.38. The Morgan fingerprint density at radius 1 is 1.33 bits per heavy atom. The maximum Gasteiger partial charge on any atom is 0.453 e. The van der Waals surface area contributed by atoms with Crippen LogP contribution < -0.4 is 0 Å². The van der Waals surface area contributed by atoms with Gasteiger partial charge in [0.05, 0.1) is 3.92 Å². The molecule has 0 saturated carbocycles. The molecule has 0 aliphatic rings. The second kappa shape index (κ2) is 5.26. The topological polar surface area (TPSA) is 26.3 Å². The van der Waals surface area contributed by atoms with E-state index < -0.39 is 35.0 Å². The Labute approximate surface area is 96.3 Å². The Morgan fingerprint density at radius 3 is 2.13 bits per heavy atom. The zero-order chi connectivity index (χ0) is 12.3. The van der Waals surface area contributed by atoms with Crippen molar-refractivity contribution >= 4 is 28.6 Å². The Morgan fingerprint density at radius 2 is 1.80 bits per heavy atom. The first-order valence-corrected chi connectivity index (χ1v) is 5.03. The number of carbonyl (C=O) groups excluding carboxylic acids is 1. The molecular formula is C7H8F5IO2. The first-order chi connectivity index (χ1) is 6.56. The molecule has 0 bridgehead atoms. The van der Waals surface area contributed by atoms with E-state index in [-0.39, 0.29) is 0 Å². The van der Waals surface area contributed by atoms with Gasteiger partial charge in [0.25, 0.3) is 0 Å². The van der Waals surface area contributed by atoms with Gasteiger partial charge < -0.3 is 4.74 Å². The number of halogens is 6. The van der Waals surface area contributed by atoms with Gasteiger partial charge in [-0.3, -0.25) is 4.79 Å². The summed E-state index contributed by atoms with van der Waals surface area (Å²) in [5.74, 6) is -5.47. The van der Waals surface area contributed by atoms with Gasteiger partial charge in [-0.25, -0.2) is 0 Å². The third-order valence-electron chi connectivity index (χ3n) is 1.36. The molecule has 1 unspecified atom stereocenters. The van der Waals surface area contributed by atoms with E-state index in [0.717, 1.165) is 6.92 Å². The van der Waals surface area contributed by atoms with Crippen LogP contribution in [0.15, 0.2) is 0 Å². The molecule has 0 rings (SSSR count). The highest BCUT2D eigenvalue weighted by molar-refractivity contribution is 14.1. The normalized spacial score (nSPS) is 14.9. The Kier molecular flexibility index (Phi) is 5.21. The number of rotatable bonds is 4. The lowest BCUT2D eigenvalue weighted by molar-refractivity contribution is -0.284. The SMILES string of the molecule is CC(=O)OCC(I)CC(F)(F)C(F)(F)F. The maximum atomic E-state index is 12.4. The molecule has 1 atom stereocenters. The van der Waals surface area contributed by atoms with Crippen molar-refractivity contribution in [3.8, 4) is 0 Å². The third kappa shape index (κ3) is 5.47. The van der Waals surface area contributed by atoms with Crippen molar-refractivity contribution in [2.75, 3.05) is 6.61 Å². The quantitative estimate of drug-likeness (QED) is 0.339. The molecule has 8 heteroatoms. The lowest BCUT2D eigenvalue weighted by Crippen LogP contribution is -2.39. The first-order valence-electron chi connectivity index (χ1n) is 3.78. The zero-order valence-electron chi connectivity index (χ0n) is 7.58. The smallest absolute Gasteiger partial charge is 0.453 e. The van der Waals surface area contributed by atoms with Crippen molar-refractivity contribution in [2.24, 2.45) is 0 Å². The summed E-state index contributed by atoms with van der Waals surface area (Å²) in [5.41, 5.74) is 0. The minimum atomic E-state index is -5.56. The summed E-state index contributed by atoms with van der Waals surface area (Å²) in [6.45, 7) is 0.590. The van der Waals surface area contributed by atoms with Gasteiger partial charge in [0.2, 0.25) is 0 Å². The average Bonchev–Trinajstić information content (AvgIpc) is 1.97. The van der Waals surface area contributed by atoms with Crippen molar-refractivity contribution in [3.63, 3.8) is 0 Å². The summed E-state index contributed by atoms with van der Waals surface area (Å²) < 4.78 is 63.3. The van der Waals surface area contributed by atoms with Crippen molar-refractivity contribution in [2.45, 2.75) is 29.4 Å². The van der Waals surface area contributed by atoms with Crippen LogP contribution in [0.3, 0.4) is 0 Å². The monoisotopic (exact) mass is 346 g/mol. The van der Waals surface area contributed by atoms with Crippen LogP contribution >= 0.6 is 22.6 Å². The number of carbonyl (C=O) groups is 1. The van der Waals surface area contributed by atoms with Crippen LogP contribution in [0.2, 0.25) is 0 Å². The van der Waals surface area contributed by atoms with E-state index in [0.29, 0.717) is 0 Å². The highest BCUT2D eigenvalue weighted by Gasteiger charge is 2.57. The molecule has 0 N–H and O–H groups in total. The minimum absolute atomic E-state index is 0.457. The van der Waals surface area contributed by atoms with E-state index in [4.69, 9.17) is 0 Å². The van der Waals surface area contributed by atoms with E-state index in [1.165, 1.54) is 22.6 Å². The predicted octanol–water partition coefficient (Wildman–Crippen LogP) is 2.94. The lowest BCUT2D eigenvalue weighted by atomic mass is 10.2. The summed E-state index contributed by atoms with van der Waals surface area (Å²) in [4.78, 5) is 10.3. The van der Waals surface area contributed by atoms with Gasteiger partial charge in [0.1, 0.15) is 6.61 Å². The molecule has 0 aliphatic heterocycles. The van der Waals surface area contributed by atoms with Crippen LogP contribution in [0, 0.1) is 0 Å². The maximum absolute atomic E-state index is 12.4. The second-order valence-electron chi connectivity index (χ2n) is 2.81. The van der Waals surface area contributed by atoms with Gasteiger partial charge in [0.15, 0.2) is 0 Å². The molecule has 0 radical (unpaired) electrons. The number of hydrogen-bond donors (Lipinski definition) is 0. The van der Waals surface area contributed by atoms with Crippen LogP contribution in [0.4, 0.5) is 22.0 Å². The van der Waals surface area contributed by atoms with Gasteiger partial charge in [-0.15, -0.1) is 0 Å². The summed E-state index contributed by atoms with van der Waals surface area (Å²) in [6, 6.07) is 0. The molecule has 0 heterocycles. The van der Waals surface area contributed by atoms with E-state index >= 15 is 0 Å². The highest BCUT2D eigenvalue weighted by atomic mass is 127. The largest absolute Gasteiger partial charge is 0.465 e. The summed E-state index contributed by atoms with van der Waals surface area (Å²) in [5, 5.41) is 0. The molecule has 15 heavy (non-hydrogen) atoms. The van der Waals surface area contributed by atoms with Crippen molar-refractivity contribution in [1.82, 2.24) is 0 Å². The second-order valence-corrected chi connectivity index (χ2v) is 4.57. The van der Waals surface area contributed by atoms with Crippen LogP contribution in [0.25, 0.3) is 0 Å². The molecule has 0 spiro atoms. The first kappa shape index (κ1) is 14.8. The molecule has 0 aromatic heterocycles. The molecule has 0 amide bonds. The highest BCUT2D eigenvalue weighted by Crippen LogP contribution is 2.40. The van der Waals surface area contributed by atoms with Gasteiger partial charge in [-0.05, 0) is 0 Å². The molecule has 0 fully saturated rings. The minimum Gasteiger partial charge on any atom is -0.465 e. The van der Waals surface area contributed by atoms with E-state index in [9.17, 15) is 26.7 Å². The number of alkyl halides is 6. The van der Waals surface area contributed by atoms with E-state index in [2.05, 4.69) is 4.74 Å². The van der Waals surface area contributed by atoms with Crippen molar-refractivity contribution in [3.05, 3.63) is 0 Å². The third-order valence-corrected chi connectivity index (χ3v) is 2.16. The summed E-state index contributed by atoms with van der Waals surface area (Å²) in [6.07, 6.45) is -6.96. The fourth-order valence-electron chi connectivity index (χ4n) is 0.661. The van der Waals surface area contributed by atoms with Crippen molar-refractivity contribution in [1.29, 1.82) is 0 Å². The fourth-order valence-corrected chi connectivity index (χ4v) is 1.39. The lowest BCUT2D eigenvalue weighted by Gasteiger charge is -2.21. The standard InChI is InChI=1S/C7H8F5IO2/c1-4(14)15-3-5(13)2-6(8,9)7(10,11)12/h5H,2-3H2,1H3. The summed E-state index contributed by atoms with van der Waals surface area (Å²) in [7, 11) is 0. The number of ether oxygens (including phenoxy) is 1. The molecule has 2 nitrogen and oxygen atoms in total. The Balaban J connectivity index is 4.16. The molecule has 0 saturated heterocycles. The molecular weight excluding hydrogens is 338 g/mol. The van der Waals surface area contributed by atoms with E-state index in [1.807, 2.05) is 0 Å². The fraction of sp³-hybridized carbons (Fsp3) is 0.857.